The molecule has 0 aromatic heterocycles. The summed E-state index contributed by atoms with van der Waals surface area (Å²) < 4.78 is 10.4. The van der Waals surface area contributed by atoms with E-state index in [4.69, 9.17) is 9.47 Å². The van der Waals surface area contributed by atoms with Crippen molar-refractivity contribution in [3.05, 3.63) is 12.2 Å². The molecule has 3 heteroatoms. The van der Waals surface area contributed by atoms with Crippen LogP contribution in [-0.2, 0) is 9.47 Å². The summed E-state index contributed by atoms with van der Waals surface area (Å²) in [4.78, 5) is 11.7. The molecular weight excluding hydrogens is 444 g/mol. The van der Waals surface area contributed by atoms with E-state index in [2.05, 4.69) is 32.9 Å². The average molecular weight is 509 g/mol. The molecule has 0 atom stereocenters. The van der Waals surface area contributed by atoms with Gasteiger partial charge in [-0.3, -0.25) is 0 Å². The highest BCUT2D eigenvalue weighted by molar-refractivity contribution is 5.59. The van der Waals surface area contributed by atoms with Gasteiger partial charge in [-0.15, -0.1) is 0 Å². The Bertz CT molecular complexity index is 458. The predicted molar refractivity (Wildman–Crippen MR) is 158 cm³/mol. The molecule has 0 N–H and O–H groups in total. The summed E-state index contributed by atoms with van der Waals surface area (Å²) in [6.07, 6.45) is 35.2. The number of unbranched alkanes of at least 4 members (excludes halogenated alkanes) is 20. The van der Waals surface area contributed by atoms with Gasteiger partial charge in [0.1, 0.15) is 0 Å². The van der Waals surface area contributed by atoms with Crippen LogP contribution in [0.25, 0.3) is 0 Å². The van der Waals surface area contributed by atoms with Gasteiger partial charge in [0.2, 0.25) is 0 Å². The molecule has 36 heavy (non-hydrogen) atoms. The maximum Gasteiger partial charge on any atom is 0.508 e. The molecule has 214 valence electrons. The quantitative estimate of drug-likeness (QED) is 0.0598. The van der Waals surface area contributed by atoms with E-state index < -0.39 is 6.16 Å². The van der Waals surface area contributed by atoms with Gasteiger partial charge in [-0.1, -0.05) is 155 Å². The lowest BCUT2D eigenvalue weighted by Gasteiger charge is -2.07. The summed E-state index contributed by atoms with van der Waals surface area (Å²) in [7, 11) is 0. The first kappa shape index (κ1) is 35.0. The van der Waals surface area contributed by atoms with Gasteiger partial charge < -0.3 is 9.47 Å². The molecule has 0 unspecified atom stereocenters. The van der Waals surface area contributed by atoms with Crippen molar-refractivity contribution in [2.45, 2.75) is 175 Å². The van der Waals surface area contributed by atoms with E-state index in [0.717, 1.165) is 31.6 Å². The molecule has 0 aliphatic carbocycles. The van der Waals surface area contributed by atoms with Gasteiger partial charge in [-0.05, 0) is 38.0 Å². The number of hydrogen-bond donors (Lipinski definition) is 0. The molecule has 0 aromatic rings. The third-order valence-electron chi connectivity index (χ3n) is 7.02. The zero-order chi connectivity index (χ0) is 26.4. The van der Waals surface area contributed by atoms with E-state index in [1.807, 2.05) is 0 Å². The van der Waals surface area contributed by atoms with Crippen LogP contribution in [0.1, 0.15) is 175 Å². The number of carbonyl (C=O) groups excluding carboxylic acids is 1. The van der Waals surface area contributed by atoms with Gasteiger partial charge in [0.05, 0.1) is 13.2 Å². The minimum absolute atomic E-state index is 0.482. The Labute approximate surface area is 226 Å². The number of rotatable bonds is 28. The fourth-order valence-corrected chi connectivity index (χ4v) is 4.58. The maximum atomic E-state index is 11.7. The fraction of sp³-hybridized carbons (Fsp3) is 0.909. The van der Waals surface area contributed by atoms with Crippen LogP contribution in [0.5, 0.6) is 0 Å². The lowest BCUT2D eigenvalue weighted by molar-refractivity contribution is 0.0529. The summed E-state index contributed by atoms with van der Waals surface area (Å²) in [5.41, 5.74) is 0. The van der Waals surface area contributed by atoms with Crippen LogP contribution < -0.4 is 0 Å². The van der Waals surface area contributed by atoms with Gasteiger partial charge in [-0.25, -0.2) is 4.79 Å². The van der Waals surface area contributed by atoms with Crippen molar-refractivity contribution in [3.8, 4) is 0 Å². The second-order valence-corrected chi connectivity index (χ2v) is 11.2. The first-order chi connectivity index (χ1) is 17.7. The van der Waals surface area contributed by atoms with E-state index >= 15 is 0 Å². The fourth-order valence-electron chi connectivity index (χ4n) is 4.58. The lowest BCUT2D eigenvalue weighted by atomic mass is 10.0. The predicted octanol–water partition coefficient (Wildman–Crippen LogP) is 11.7. The maximum absolute atomic E-state index is 11.7. The molecule has 0 aliphatic rings. The largest absolute Gasteiger partial charge is 0.508 e. The van der Waals surface area contributed by atoms with Crippen molar-refractivity contribution in [1.29, 1.82) is 0 Å². The Morgan fingerprint density at radius 2 is 0.889 bits per heavy atom. The molecule has 0 saturated heterocycles. The van der Waals surface area contributed by atoms with E-state index in [-0.39, 0.29) is 0 Å². The Morgan fingerprint density at radius 3 is 1.31 bits per heavy atom. The molecule has 0 heterocycles. The average Bonchev–Trinajstić information content (AvgIpc) is 2.86. The minimum atomic E-state index is -0.482. The number of ether oxygens (including phenoxy) is 2. The summed E-state index contributed by atoms with van der Waals surface area (Å²) in [6, 6.07) is 0. The molecule has 0 radical (unpaired) electrons. The highest BCUT2D eigenvalue weighted by Gasteiger charge is 2.03. The van der Waals surface area contributed by atoms with Gasteiger partial charge in [0.15, 0.2) is 0 Å². The van der Waals surface area contributed by atoms with Crippen molar-refractivity contribution in [2.75, 3.05) is 13.2 Å². The van der Waals surface area contributed by atoms with Gasteiger partial charge in [-0.2, -0.15) is 0 Å². The Hall–Kier alpha value is -0.990. The molecule has 0 rings (SSSR count). The molecular formula is C33H64O3. The summed E-state index contributed by atoms with van der Waals surface area (Å²) in [5, 5.41) is 0. The second-order valence-electron chi connectivity index (χ2n) is 11.2. The van der Waals surface area contributed by atoms with Crippen LogP contribution in [-0.4, -0.2) is 19.4 Å². The molecule has 3 nitrogen and oxygen atoms in total. The number of hydrogen-bond acceptors (Lipinski definition) is 3. The number of carbonyl (C=O) groups is 1. The highest BCUT2D eigenvalue weighted by atomic mass is 16.7. The zero-order valence-corrected chi connectivity index (χ0v) is 24.8. The molecule has 0 aliphatic heterocycles. The van der Waals surface area contributed by atoms with Crippen molar-refractivity contribution >= 4 is 6.16 Å². The van der Waals surface area contributed by atoms with Crippen molar-refractivity contribution < 1.29 is 14.3 Å². The standard InChI is InChI=1S/C33H64O3/c1-4-5-6-7-8-9-10-15-18-21-24-27-30-35-33(34)36-31-28-25-22-19-16-13-11-12-14-17-20-23-26-29-32(2)3/h7-8,32H,4-6,9-31H2,1-3H3. The minimum Gasteiger partial charge on any atom is -0.434 e. The molecule has 0 amide bonds. The van der Waals surface area contributed by atoms with Gasteiger partial charge in [0.25, 0.3) is 0 Å². The smallest absolute Gasteiger partial charge is 0.434 e. The molecule has 0 aromatic carbocycles. The van der Waals surface area contributed by atoms with E-state index in [0.29, 0.717) is 13.2 Å². The van der Waals surface area contributed by atoms with Crippen LogP contribution in [0.2, 0.25) is 0 Å². The SMILES string of the molecule is CCCCC=CCCCCCCCCOC(=O)OCCCCCCCCCCCCCCCC(C)C. The Balaban J connectivity index is 3.17. The lowest BCUT2D eigenvalue weighted by Crippen LogP contribution is -2.09. The van der Waals surface area contributed by atoms with Crippen molar-refractivity contribution in [3.63, 3.8) is 0 Å². The molecule has 0 fully saturated rings. The van der Waals surface area contributed by atoms with Crippen molar-refractivity contribution in [2.24, 2.45) is 5.92 Å². The molecule has 0 bridgehead atoms. The van der Waals surface area contributed by atoms with Crippen LogP contribution in [0.4, 0.5) is 4.79 Å². The van der Waals surface area contributed by atoms with Crippen LogP contribution in [0.15, 0.2) is 12.2 Å². The van der Waals surface area contributed by atoms with E-state index in [1.165, 1.54) is 128 Å². The molecule has 0 saturated carbocycles. The Morgan fingerprint density at radius 1 is 0.528 bits per heavy atom. The third-order valence-corrected chi connectivity index (χ3v) is 7.02. The second kappa shape index (κ2) is 30.2. The zero-order valence-electron chi connectivity index (χ0n) is 24.8. The first-order valence-corrected chi connectivity index (χ1v) is 16.1. The van der Waals surface area contributed by atoms with Crippen LogP contribution in [0.3, 0.4) is 0 Å². The molecule has 0 spiro atoms. The first-order valence-electron chi connectivity index (χ1n) is 16.1. The van der Waals surface area contributed by atoms with Gasteiger partial charge >= 0.3 is 6.16 Å². The normalized spacial score (nSPS) is 11.6. The summed E-state index contributed by atoms with van der Waals surface area (Å²) in [5.74, 6) is 0.867. The van der Waals surface area contributed by atoms with Crippen molar-refractivity contribution in [1.82, 2.24) is 0 Å². The van der Waals surface area contributed by atoms with Gasteiger partial charge in [0, 0.05) is 0 Å². The monoisotopic (exact) mass is 508 g/mol. The summed E-state index contributed by atoms with van der Waals surface area (Å²) in [6.45, 7) is 7.89. The highest BCUT2D eigenvalue weighted by Crippen LogP contribution is 2.14. The van der Waals surface area contributed by atoms with E-state index in [9.17, 15) is 4.79 Å². The third kappa shape index (κ3) is 31.0. The van der Waals surface area contributed by atoms with Crippen LogP contribution >= 0.6 is 0 Å². The van der Waals surface area contributed by atoms with Crippen LogP contribution in [0, 0.1) is 5.92 Å². The number of allylic oxidation sites excluding steroid dienone is 2. The topological polar surface area (TPSA) is 35.5 Å². The summed E-state index contributed by atoms with van der Waals surface area (Å²) >= 11 is 0. The van der Waals surface area contributed by atoms with E-state index in [1.54, 1.807) is 0 Å². The Kier molecular flexibility index (Phi) is 29.4.